The van der Waals surface area contributed by atoms with Gasteiger partial charge in [-0.3, -0.25) is 4.79 Å². The lowest BCUT2D eigenvalue weighted by molar-refractivity contribution is -0.138. The van der Waals surface area contributed by atoms with Gasteiger partial charge in [-0.05, 0) is 18.2 Å². The van der Waals surface area contributed by atoms with Crippen LogP contribution >= 0.6 is 11.8 Å². The minimum absolute atomic E-state index is 0.0562. The Morgan fingerprint density at radius 2 is 2.11 bits per heavy atom. The molecule has 0 spiro atoms. The second-order valence-electron chi connectivity index (χ2n) is 3.49. The first-order valence-electron chi connectivity index (χ1n) is 5.22. The SMILES string of the molecule is COc1cc(C#CCSC(C)=O)ccc1C(F)(F)F. The largest absolute Gasteiger partial charge is 0.496 e. The van der Waals surface area contributed by atoms with Crippen LogP contribution in [0.15, 0.2) is 18.2 Å². The topological polar surface area (TPSA) is 26.3 Å². The summed E-state index contributed by atoms with van der Waals surface area (Å²) in [6, 6.07) is 3.44. The van der Waals surface area contributed by atoms with E-state index in [0.717, 1.165) is 17.8 Å². The standard InChI is InChI=1S/C13H11F3O2S/c1-9(17)19-7-3-4-10-5-6-11(13(14,15)16)12(8-10)18-2/h5-6,8H,7H2,1-2H3. The van der Waals surface area contributed by atoms with Crippen LogP contribution in [-0.4, -0.2) is 18.0 Å². The van der Waals surface area contributed by atoms with Gasteiger partial charge in [-0.25, -0.2) is 0 Å². The van der Waals surface area contributed by atoms with Crippen LogP contribution in [-0.2, 0) is 11.0 Å². The van der Waals surface area contributed by atoms with Gasteiger partial charge in [0.05, 0.1) is 18.4 Å². The van der Waals surface area contributed by atoms with Gasteiger partial charge < -0.3 is 4.74 Å². The normalized spacial score (nSPS) is 10.6. The summed E-state index contributed by atoms with van der Waals surface area (Å²) in [5.41, 5.74) is -0.423. The Balaban J connectivity index is 2.91. The van der Waals surface area contributed by atoms with E-state index >= 15 is 0 Å². The number of halogens is 3. The molecule has 0 N–H and O–H groups in total. The third-order valence-electron chi connectivity index (χ3n) is 2.09. The minimum Gasteiger partial charge on any atom is -0.496 e. The number of carbonyl (C=O) groups excluding carboxylic acids is 1. The highest BCUT2D eigenvalue weighted by Crippen LogP contribution is 2.36. The Labute approximate surface area is 113 Å². The molecule has 1 aromatic carbocycles. The monoisotopic (exact) mass is 288 g/mol. The molecule has 0 aliphatic rings. The Bertz CT molecular complexity index is 527. The Hall–Kier alpha value is -1.61. The van der Waals surface area contributed by atoms with Crippen molar-refractivity contribution in [1.82, 2.24) is 0 Å². The molecule has 0 saturated carbocycles. The van der Waals surface area contributed by atoms with Gasteiger partial charge in [0.1, 0.15) is 5.75 Å². The molecule has 0 aliphatic carbocycles. The summed E-state index contributed by atoms with van der Waals surface area (Å²) in [6.07, 6.45) is -4.46. The van der Waals surface area contributed by atoms with Gasteiger partial charge in [-0.1, -0.05) is 23.6 Å². The van der Waals surface area contributed by atoms with Crippen LogP contribution in [0.4, 0.5) is 13.2 Å². The van der Waals surface area contributed by atoms with Crippen molar-refractivity contribution in [2.75, 3.05) is 12.9 Å². The number of hydrogen-bond acceptors (Lipinski definition) is 3. The molecule has 0 fully saturated rings. The predicted molar refractivity (Wildman–Crippen MR) is 68.0 cm³/mol. The van der Waals surface area contributed by atoms with Crippen molar-refractivity contribution in [3.05, 3.63) is 29.3 Å². The highest BCUT2D eigenvalue weighted by molar-refractivity contribution is 8.13. The molecule has 0 atom stereocenters. The molecule has 1 rings (SSSR count). The molecular weight excluding hydrogens is 277 g/mol. The number of hydrogen-bond donors (Lipinski definition) is 0. The average molecular weight is 288 g/mol. The molecule has 0 unspecified atom stereocenters. The zero-order valence-electron chi connectivity index (χ0n) is 10.3. The third-order valence-corrected chi connectivity index (χ3v) is 2.78. The number of alkyl halides is 3. The molecule has 0 amide bonds. The number of benzene rings is 1. The van der Waals surface area contributed by atoms with E-state index in [9.17, 15) is 18.0 Å². The van der Waals surface area contributed by atoms with Crippen molar-refractivity contribution < 1.29 is 22.7 Å². The van der Waals surface area contributed by atoms with Crippen LogP contribution in [0.5, 0.6) is 5.75 Å². The summed E-state index contributed by atoms with van der Waals surface area (Å²) in [5.74, 6) is 5.42. The smallest absolute Gasteiger partial charge is 0.419 e. The predicted octanol–water partition coefficient (Wildman–Crippen LogP) is 3.35. The summed E-state index contributed by atoms with van der Waals surface area (Å²) in [4.78, 5) is 10.7. The number of rotatable bonds is 2. The molecule has 6 heteroatoms. The van der Waals surface area contributed by atoms with E-state index in [-0.39, 0.29) is 10.9 Å². The zero-order valence-corrected chi connectivity index (χ0v) is 11.1. The number of thioether (sulfide) groups is 1. The van der Waals surface area contributed by atoms with Gasteiger partial charge in [-0.15, -0.1) is 0 Å². The molecular formula is C13H11F3O2S. The van der Waals surface area contributed by atoms with E-state index in [4.69, 9.17) is 4.74 Å². The minimum atomic E-state index is -4.46. The molecule has 1 aromatic rings. The number of methoxy groups -OCH3 is 1. The van der Waals surface area contributed by atoms with Gasteiger partial charge in [0.2, 0.25) is 0 Å². The second kappa shape index (κ2) is 6.53. The molecule has 102 valence electrons. The fourth-order valence-corrected chi connectivity index (χ4v) is 1.63. The third kappa shape index (κ3) is 4.87. The van der Waals surface area contributed by atoms with Crippen LogP contribution in [0.3, 0.4) is 0 Å². The van der Waals surface area contributed by atoms with E-state index in [1.165, 1.54) is 26.2 Å². The van der Waals surface area contributed by atoms with Crippen molar-refractivity contribution in [1.29, 1.82) is 0 Å². The van der Waals surface area contributed by atoms with Crippen LogP contribution in [0.2, 0.25) is 0 Å². The lowest BCUT2D eigenvalue weighted by Crippen LogP contribution is -2.07. The van der Waals surface area contributed by atoms with Crippen molar-refractivity contribution in [2.45, 2.75) is 13.1 Å². The first-order valence-corrected chi connectivity index (χ1v) is 6.20. The van der Waals surface area contributed by atoms with Crippen LogP contribution in [0, 0.1) is 11.8 Å². The van der Waals surface area contributed by atoms with E-state index in [2.05, 4.69) is 11.8 Å². The summed E-state index contributed by atoms with van der Waals surface area (Å²) >= 11 is 1.04. The molecule has 19 heavy (non-hydrogen) atoms. The zero-order chi connectivity index (χ0) is 14.5. The van der Waals surface area contributed by atoms with Crippen LogP contribution in [0.25, 0.3) is 0 Å². The summed E-state index contributed by atoms with van der Waals surface area (Å²) in [6.45, 7) is 1.42. The maximum atomic E-state index is 12.6. The molecule has 0 heterocycles. The van der Waals surface area contributed by atoms with Crippen molar-refractivity contribution in [3.8, 4) is 17.6 Å². The van der Waals surface area contributed by atoms with E-state index in [1.807, 2.05) is 0 Å². The molecule has 2 nitrogen and oxygen atoms in total. The van der Waals surface area contributed by atoms with Crippen molar-refractivity contribution >= 4 is 16.9 Å². The Morgan fingerprint density at radius 3 is 2.63 bits per heavy atom. The number of ether oxygens (including phenoxy) is 1. The van der Waals surface area contributed by atoms with Gasteiger partial charge in [0, 0.05) is 12.5 Å². The molecule has 0 bridgehead atoms. The summed E-state index contributed by atoms with van der Waals surface area (Å²) in [5, 5.41) is -0.0562. The summed E-state index contributed by atoms with van der Waals surface area (Å²) in [7, 11) is 1.17. The van der Waals surface area contributed by atoms with Crippen molar-refractivity contribution in [2.24, 2.45) is 0 Å². The maximum Gasteiger partial charge on any atom is 0.419 e. The van der Waals surface area contributed by atoms with Gasteiger partial charge >= 0.3 is 6.18 Å². The quantitative estimate of drug-likeness (QED) is 0.781. The maximum absolute atomic E-state index is 12.6. The fraction of sp³-hybridized carbons (Fsp3) is 0.308. The Morgan fingerprint density at radius 1 is 1.42 bits per heavy atom. The molecule has 0 saturated heterocycles. The van der Waals surface area contributed by atoms with Crippen LogP contribution in [0.1, 0.15) is 18.1 Å². The van der Waals surface area contributed by atoms with Crippen molar-refractivity contribution in [3.63, 3.8) is 0 Å². The fourth-order valence-electron chi connectivity index (χ4n) is 1.28. The average Bonchev–Trinajstić information content (AvgIpc) is 2.32. The van der Waals surface area contributed by atoms with Gasteiger partial charge in [0.25, 0.3) is 0 Å². The summed E-state index contributed by atoms with van der Waals surface area (Å²) < 4.78 is 42.5. The van der Waals surface area contributed by atoms with E-state index in [0.29, 0.717) is 11.3 Å². The highest BCUT2D eigenvalue weighted by Gasteiger charge is 2.34. The molecule has 0 aromatic heterocycles. The molecule has 0 aliphatic heterocycles. The lowest BCUT2D eigenvalue weighted by atomic mass is 10.1. The van der Waals surface area contributed by atoms with Crippen LogP contribution < -0.4 is 4.74 Å². The second-order valence-corrected chi connectivity index (χ2v) is 4.65. The first-order chi connectivity index (χ1) is 8.84. The highest BCUT2D eigenvalue weighted by atomic mass is 32.2. The molecule has 0 radical (unpaired) electrons. The first kappa shape index (κ1) is 15.4. The van der Waals surface area contributed by atoms with Gasteiger partial charge in [-0.2, -0.15) is 13.2 Å². The number of carbonyl (C=O) groups is 1. The Kier molecular flexibility index (Phi) is 5.31. The van der Waals surface area contributed by atoms with E-state index in [1.54, 1.807) is 0 Å². The van der Waals surface area contributed by atoms with Gasteiger partial charge in [0.15, 0.2) is 5.12 Å². The lowest BCUT2D eigenvalue weighted by Gasteiger charge is -2.11. The van der Waals surface area contributed by atoms with E-state index < -0.39 is 11.7 Å².